The van der Waals surface area contributed by atoms with Gasteiger partial charge in [0.05, 0.1) is 17.4 Å². The molecular formula is C15H21N3O3. The molecule has 1 aliphatic carbocycles. The first-order chi connectivity index (χ1) is 9.97. The molecule has 2 rings (SSSR count). The Balaban J connectivity index is 2.01. The molecule has 6 nitrogen and oxygen atoms in total. The minimum absolute atomic E-state index is 0.0629. The summed E-state index contributed by atoms with van der Waals surface area (Å²) in [5.41, 5.74) is 0.475. The quantitative estimate of drug-likeness (QED) is 0.844. The van der Waals surface area contributed by atoms with Crippen LogP contribution in [-0.4, -0.2) is 39.6 Å². The number of hydrogen-bond donors (Lipinski definition) is 2. The molecule has 0 atom stereocenters. The number of anilines is 1. The zero-order valence-electron chi connectivity index (χ0n) is 12.4. The number of urea groups is 1. The summed E-state index contributed by atoms with van der Waals surface area (Å²) in [7, 11) is 0. The lowest BCUT2D eigenvalue weighted by molar-refractivity contribution is 0.0696. The van der Waals surface area contributed by atoms with Crippen LogP contribution in [0.4, 0.5) is 10.5 Å². The van der Waals surface area contributed by atoms with Crippen molar-refractivity contribution in [3.63, 3.8) is 0 Å². The van der Waals surface area contributed by atoms with E-state index < -0.39 is 5.97 Å². The molecule has 1 aromatic rings. The largest absolute Gasteiger partial charge is 0.478 e. The van der Waals surface area contributed by atoms with Crippen molar-refractivity contribution in [3.05, 3.63) is 24.0 Å². The number of carbonyl (C=O) groups is 2. The van der Waals surface area contributed by atoms with Gasteiger partial charge in [-0.3, -0.25) is 4.98 Å². The fourth-order valence-corrected chi connectivity index (χ4v) is 2.05. The van der Waals surface area contributed by atoms with E-state index in [-0.39, 0.29) is 11.6 Å². The van der Waals surface area contributed by atoms with E-state index in [1.54, 1.807) is 0 Å². The molecule has 0 aromatic carbocycles. The lowest BCUT2D eigenvalue weighted by atomic mass is 10.1. The lowest BCUT2D eigenvalue weighted by Gasteiger charge is -2.23. The van der Waals surface area contributed by atoms with E-state index in [1.807, 2.05) is 4.90 Å². The van der Waals surface area contributed by atoms with Gasteiger partial charge in [-0.05, 0) is 31.2 Å². The number of carboxylic acids is 1. The number of nitrogens with zero attached hydrogens (tertiary/aromatic N) is 2. The molecular weight excluding hydrogens is 270 g/mol. The molecule has 1 aromatic heterocycles. The van der Waals surface area contributed by atoms with Crippen LogP contribution >= 0.6 is 0 Å². The summed E-state index contributed by atoms with van der Waals surface area (Å²) in [5, 5.41) is 11.7. The van der Waals surface area contributed by atoms with Crippen molar-refractivity contribution in [2.45, 2.75) is 39.2 Å². The zero-order chi connectivity index (χ0) is 15.4. The van der Waals surface area contributed by atoms with Crippen molar-refractivity contribution >= 4 is 17.7 Å². The van der Waals surface area contributed by atoms with Gasteiger partial charge in [0.15, 0.2) is 0 Å². The van der Waals surface area contributed by atoms with Crippen molar-refractivity contribution in [3.8, 4) is 0 Å². The lowest BCUT2D eigenvalue weighted by Crippen LogP contribution is -2.38. The second-order valence-corrected chi connectivity index (χ2v) is 5.80. The van der Waals surface area contributed by atoms with E-state index in [9.17, 15) is 9.59 Å². The molecule has 0 saturated heterocycles. The van der Waals surface area contributed by atoms with Crippen LogP contribution in [0.25, 0.3) is 0 Å². The van der Waals surface area contributed by atoms with Crippen LogP contribution in [0.5, 0.6) is 0 Å². The van der Waals surface area contributed by atoms with Gasteiger partial charge in [0, 0.05) is 18.8 Å². The van der Waals surface area contributed by atoms with Crippen molar-refractivity contribution in [1.29, 1.82) is 0 Å². The van der Waals surface area contributed by atoms with Crippen LogP contribution in [0.3, 0.4) is 0 Å². The highest BCUT2D eigenvalue weighted by atomic mass is 16.4. The number of hydrogen-bond acceptors (Lipinski definition) is 3. The molecule has 0 unspecified atom stereocenters. The maximum atomic E-state index is 12.3. The number of aromatic nitrogens is 1. The van der Waals surface area contributed by atoms with Crippen LogP contribution < -0.4 is 5.32 Å². The SMILES string of the molecule is CC(C)CCN(C(=O)Nc1cncc(C(=O)O)c1)C1CC1. The number of aromatic carboxylic acids is 1. The van der Waals surface area contributed by atoms with E-state index in [0.29, 0.717) is 17.6 Å². The molecule has 6 heteroatoms. The van der Waals surface area contributed by atoms with Crippen molar-refractivity contribution in [2.24, 2.45) is 5.92 Å². The third-order valence-corrected chi connectivity index (χ3v) is 3.43. The highest BCUT2D eigenvalue weighted by Crippen LogP contribution is 2.28. The van der Waals surface area contributed by atoms with Gasteiger partial charge in [-0.25, -0.2) is 9.59 Å². The summed E-state index contributed by atoms with van der Waals surface area (Å²) in [6, 6.07) is 1.56. The van der Waals surface area contributed by atoms with E-state index in [4.69, 9.17) is 5.11 Å². The van der Waals surface area contributed by atoms with E-state index in [2.05, 4.69) is 24.1 Å². The fraction of sp³-hybridized carbons (Fsp3) is 0.533. The molecule has 0 radical (unpaired) electrons. The van der Waals surface area contributed by atoms with Crippen molar-refractivity contribution in [2.75, 3.05) is 11.9 Å². The summed E-state index contributed by atoms with van der Waals surface area (Å²) in [5.74, 6) is -0.520. The van der Waals surface area contributed by atoms with Gasteiger partial charge >= 0.3 is 12.0 Å². The van der Waals surface area contributed by atoms with Gasteiger partial charge in [0.2, 0.25) is 0 Å². The Hall–Kier alpha value is -2.11. The highest BCUT2D eigenvalue weighted by Gasteiger charge is 2.32. The van der Waals surface area contributed by atoms with Gasteiger partial charge in [-0.2, -0.15) is 0 Å². The van der Waals surface area contributed by atoms with Gasteiger partial charge in [-0.1, -0.05) is 13.8 Å². The molecule has 0 spiro atoms. The molecule has 2 N–H and O–H groups in total. The predicted molar refractivity (Wildman–Crippen MR) is 79.4 cm³/mol. The van der Waals surface area contributed by atoms with E-state index in [1.165, 1.54) is 18.5 Å². The topological polar surface area (TPSA) is 82.5 Å². The number of pyridine rings is 1. The molecule has 1 fully saturated rings. The molecule has 1 heterocycles. The van der Waals surface area contributed by atoms with E-state index in [0.717, 1.165) is 25.8 Å². The van der Waals surface area contributed by atoms with Crippen LogP contribution in [-0.2, 0) is 0 Å². The minimum atomic E-state index is -1.06. The van der Waals surface area contributed by atoms with Crippen LogP contribution in [0.1, 0.15) is 43.5 Å². The second-order valence-electron chi connectivity index (χ2n) is 5.80. The summed E-state index contributed by atoms with van der Waals surface area (Å²) in [4.78, 5) is 28.9. The Kier molecular flexibility index (Phi) is 4.77. The minimum Gasteiger partial charge on any atom is -0.478 e. The third-order valence-electron chi connectivity index (χ3n) is 3.43. The van der Waals surface area contributed by atoms with Gasteiger partial charge in [-0.15, -0.1) is 0 Å². The van der Waals surface area contributed by atoms with Crippen LogP contribution in [0.2, 0.25) is 0 Å². The Bertz CT molecular complexity index is 527. The summed E-state index contributed by atoms with van der Waals surface area (Å²) in [6.07, 6.45) is 5.75. The molecule has 1 saturated carbocycles. The van der Waals surface area contributed by atoms with Gasteiger partial charge in [0.1, 0.15) is 0 Å². The van der Waals surface area contributed by atoms with Crippen molar-refractivity contribution < 1.29 is 14.7 Å². The Morgan fingerprint density at radius 2 is 2.14 bits per heavy atom. The summed E-state index contributed by atoms with van der Waals surface area (Å²) >= 11 is 0. The smallest absolute Gasteiger partial charge is 0.337 e. The third kappa shape index (κ3) is 4.44. The summed E-state index contributed by atoms with van der Waals surface area (Å²) < 4.78 is 0. The van der Waals surface area contributed by atoms with Gasteiger partial charge < -0.3 is 15.3 Å². The standard InChI is InChI=1S/C15H21N3O3/c1-10(2)5-6-18(13-3-4-13)15(21)17-12-7-11(14(19)20)8-16-9-12/h7-10,13H,3-6H2,1-2H3,(H,17,21)(H,19,20). The molecule has 1 aliphatic rings. The molecule has 114 valence electrons. The van der Waals surface area contributed by atoms with Crippen LogP contribution in [0, 0.1) is 5.92 Å². The Morgan fingerprint density at radius 1 is 1.43 bits per heavy atom. The molecule has 21 heavy (non-hydrogen) atoms. The van der Waals surface area contributed by atoms with Crippen molar-refractivity contribution in [1.82, 2.24) is 9.88 Å². The highest BCUT2D eigenvalue weighted by molar-refractivity contribution is 5.92. The first-order valence-corrected chi connectivity index (χ1v) is 7.23. The fourth-order valence-electron chi connectivity index (χ4n) is 2.05. The molecule has 0 bridgehead atoms. The van der Waals surface area contributed by atoms with Crippen LogP contribution in [0.15, 0.2) is 18.5 Å². The number of carboxylic acid groups (broad SMARTS) is 1. The normalized spacial score (nSPS) is 14.0. The summed E-state index contributed by atoms with van der Waals surface area (Å²) in [6.45, 7) is 4.98. The second kappa shape index (κ2) is 6.56. The monoisotopic (exact) mass is 291 g/mol. The Labute approximate surface area is 124 Å². The molecule has 0 aliphatic heterocycles. The number of nitrogens with one attached hydrogen (secondary N) is 1. The van der Waals surface area contributed by atoms with Gasteiger partial charge in [0.25, 0.3) is 0 Å². The Morgan fingerprint density at radius 3 is 2.71 bits per heavy atom. The maximum Gasteiger partial charge on any atom is 0.337 e. The maximum absolute atomic E-state index is 12.3. The first-order valence-electron chi connectivity index (χ1n) is 7.23. The van der Waals surface area contributed by atoms with E-state index >= 15 is 0 Å². The number of rotatable bonds is 6. The number of carbonyl (C=O) groups excluding carboxylic acids is 1. The predicted octanol–water partition coefficient (Wildman–Crippen LogP) is 2.82. The average molecular weight is 291 g/mol. The average Bonchev–Trinajstić information content (AvgIpc) is 3.23. The first kappa shape index (κ1) is 15.3. The number of amides is 2. The zero-order valence-corrected chi connectivity index (χ0v) is 12.4. The molecule has 2 amide bonds.